The second kappa shape index (κ2) is 8.41. The summed E-state index contributed by atoms with van der Waals surface area (Å²) in [5.41, 5.74) is 3.23. The van der Waals surface area contributed by atoms with Gasteiger partial charge in [0.2, 0.25) is 0 Å². The third-order valence-corrected chi connectivity index (χ3v) is 3.80. The Kier molecular flexibility index (Phi) is 6.21. The smallest absolute Gasteiger partial charge is 0.167 e. The van der Waals surface area contributed by atoms with E-state index in [-0.39, 0.29) is 5.78 Å². The number of carbonyl (C=O) groups is 1. The number of hydrogen-bond donors (Lipinski definition) is 0. The van der Waals surface area contributed by atoms with Crippen molar-refractivity contribution >= 4 is 5.78 Å². The molecular formula is C20H24O. The zero-order valence-corrected chi connectivity index (χ0v) is 12.8. The number of benzene rings is 2. The number of rotatable bonds is 8. The Morgan fingerprint density at radius 1 is 0.810 bits per heavy atom. The van der Waals surface area contributed by atoms with E-state index >= 15 is 0 Å². The molecule has 0 heterocycles. The lowest BCUT2D eigenvalue weighted by Crippen LogP contribution is -2.03. The number of Topliss-reactive ketones (excluding diaryl/α,β-unsaturated/α-hetero) is 1. The van der Waals surface area contributed by atoms with Crippen molar-refractivity contribution < 1.29 is 4.79 Å². The topological polar surface area (TPSA) is 17.1 Å². The van der Waals surface area contributed by atoms with Gasteiger partial charge in [0, 0.05) is 12.0 Å². The van der Waals surface area contributed by atoms with Gasteiger partial charge in [0.25, 0.3) is 0 Å². The molecule has 0 amide bonds. The van der Waals surface area contributed by atoms with Crippen LogP contribution in [0.1, 0.15) is 54.1 Å². The van der Waals surface area contributed by atoms with Crippen LogP contribution in [-0.4, -0.2) is 5.78 Å². The minimum atomic E-state index is 0.193. The normalized spacial score (nSPS) is 10.5. The van der Waals surface area contributed by atoms with Crippen LogP contribution in [0.5, 0.6) is 0 Å². The third-order valence-electron chi connectivity index (χ3n) is 3.80. The van der Waals surface area contributed by atoms with Gasteiger partial charge in [-0.3, -0.25) is 4.79 Å². The van der Waals surface area contributed by atoms with Crippen LogP contribution < -0.4 is 0 Å². The predicted molar refractivity (Wildman–Crippen MR) is 88.8 cm³/mol. The molecule has 2 aromatic carbocycles. The predicted octanol–water partition coefficient (Wildman–Crippen LogP) is 5.23. The molecule has 1 heteroatoms. The summed E-state index contributed by atoms with van der Waals surface area (Å²) in [5, 5.41) is 0. The number of unbranched alkanes of at least 4 members (excludes halogenated alkanes) is 3. The highest BCUT2D eigenvalue weighted by molar-refractivity contribution is 5.97. The molecule has 2 rings (SSSR count). The first-order valence-corrected chi connectivity index (χ1v) is 7.95. The highest BCUT2D eigenvalue weighted by Crippen LogP contribution is 2.12. The fourth-order valence-electron chi connectivity index (χ4n) is 2.50. The molecule has 0 atom stereocenters. The average Bonchev–Trinajstić information content (AvgIpc) is 2.53. The Morgan fingerprint density at radius 2 is 1.52 bits per heavy atom. The molecule has 0 unspecified atom stereocenters. The summed E-state index contributed by atoms with van der Waals surface area (Å²) in [6, 6.07) is 18.1. The maximum Gasteiger partial charge on any atom is 0.167 e. The van der Waals surface area contributed by atoms with E-state index in [2.05, 4.69) is 19.1 Å². The molecule has 0 aromatic heterocycles. The molecule has 0 aliphatic heterocycles. The zero-order valence-electron chi connectivity index (χ0n) is 12.8. The lowest BCUT2D eigenvalue weighted by molar-refractivity contribution is 0.0993. The molecule has 0 bridgehead atoms. The second-order valence-electron chi connectivity index (χ2n) is 5.59. The zero-order chi connectivity index (χ0) is 14.9. The summed E-state index contributed by atoms with van der Waals surface area (Å²) in [4.78, 5) is 12.2. The van der Waals surface area contributed by atoms with Crippen molar-refractivity contribution in [2.75, 3.05) is 0 Å². The molecule has 0 aliphatic carbocycles. The number of aryl methyl sites for hydroxylation is 1. The Morgan fingerprint density at radius 3 is 2.19 bits per heavy atom. The number of carbonyl (C=O) groups excluding carboxylic acids is 1. The summed E-state index contributed by atoms with van der Waals surface area (Å²) in [6.07, 6.45) is 6.72. The van der Waals surface area contributed by atoms with Crippen molar-refractivity contribution in [3.8, 4) is 0 Å². The lowest BCUT2D eigenvalue weighted by atomic mass is 10.00. The van der Waals surface area contributed by atoms with E-state index in [0.29, 0.717) is 6.42 Å². The van der Waals surface area contributed by atoms with Gasteiger partial charge in [-0.2, -0.15) is 0 Å². The van der Waals surface area contributed by atoms with Crippen LogP contribution in [-0.2, 0) is 12.8 Å². The molecule has 21 heavy (non-hydrogen) atoms. The first-order chi connectivity index (χ1) is 10.3. The van der Waals surface area contributed by atoms with Crippen LogP contribution in [0.2, 0.25) is 0 Å². The van der Waals surface area contributed by atoms with E-state index in [4.69, 9.17) is 0 Å². The monoisotopic (exact) mass is 280 g/mol. The largest absolute Gasteiger partial charge is 0.294 e. The second-order valence-corrected chi connectivity index (χ2v) is 5.59. The first-order valence-electron chi connectivity index (χ1n) is 7.95. The van der Waals surface area contributed by atoms with Gasteiger partial charge < -0.3 is 0 Å². The van der Waals surface area contributed by atoms with Crippen molar-refractivity contribution in [3.63, 3.8) is 0 Å². The van der Waals surface area contributed by atoms with Gasteiger partial charge in [0.1, 0.15) is 0 Å². The highest BCUT2D eigenvalue weighted by atomic mass is 16.1. The van der Waals surface area contributed by atoms with Crippen LogP contribution in [0.15, 0.2) is 54.6 Å². The lowest BCUT2D eigenvalue weighted by Gasteiger charge is -2.04. The summed E-state index contributed by atoms with van der Waals surface area (Å²) >= 11 is 0. The van der Waals surface area contributed by atoms with E-state index < -0.39 is 0 Å². The van der Waals surface area contributed by atoms with Crippen LogP contribution >= 0.6 is 0 Å². The van der Waals surface area contributed by atoms with Crippen LogP contribution in [0, 0.1) is 0 Å². The summed E-state index contributed by atoms with van der Waals surface area (Å²) in [5.74, 6) is 0.193. The molecule has 1 nitrogen and oxygen atoms in total. The van der Waals surface area contributed by atoms with Crippen LogP contribution in [0.3, 0.4) is 0 Å². The molecule has 110 valence electrons. The first kappa shape index (κ1) is 15.5. The Labute approximate surface area is 128 Å². The molecule has 0 spiro atoms. The minimum Gasteiger partial charge on any atom is -0.294 e. The van der Waals surface area contributed by atoms with Crippen molar-refractivity contribution in [3.05, 3.63) is 71.3 Å². The van der Waals surface area contributed by atoms with E-state index in [1.165, 1.54) is 31.2 Å². The van der Waals surface area contributed by atoms with Gasteiger partial charge in [-0.1, -0.05) is 80.8 Å². The molecule has 2 aromatic rings. The summed E-state index contributed by atoms with van der Waals surface area (Å²) in [7, 11) is 0. The Balaban J connectivity index is 1.88. The Bertz CT molecular complexity index is 540. The maximum atomic E-state index is 12.2. The summed E-state index contributed by atoms with van der Waals surface area (Å²) < 4.78 is 0. The van der Waals surface area contributed by atoms with Gasteiger partial charge in [-0.25, -0.2) is 0 Å². The van der Waals surface area contributed by atoms with Gasteiger partial charge in [0.05, 0.1) is 0 Å². The number of ketones is 1. The van der Waals surface area contributed by atoms with E-state index in [1.54, 1.807) is 0 Å². The van der Waals surface area contributed by atoms with Crippen molar-refractivity contribution in [2.45, 2.75) is 45.4 Å². The minimum absolute atomic E-state index is 0.193. The third kappa shape index (κ3) is 5.18. The summed E-state index contributed by atoms with van der Waals surface area (Å²) in [6.45, 7) is 2.23. The van der Waals surface area contributed by atoms with Crippen molar-refractivity contribution in [1.82, 2.24) is 0 Å². The molecule has 0 N–H and O–H groups in total. The molecule has 0 radical (unpaired) electrons. The van der Waals surface area contributed by atoms with Gasteiger partial charge >= 0.3 is 0 Å². The highest BCUT2D eigenvalue weighted by Gasteiger charge is 2.06. The van der Waals surface area contributed by atoms with Crippen molar-refractivity contribution in [2.24, 2.45) is 0 Å². The molecule has 0 saturated heterocycles. The van der Waals surface area contributed by atoms with E-state index in [9.17, 15) is 4.79 Å². The Hall–Kier alpha value is -1.89. The SMILES string of the molecule is CCCCCCc1ccc(C(=O)Cc2ccccc2)cc1. The quantitative estimate of drug-likeness (QED) is 0.477. The van der Waals surface area contributed by atoms with Gasteiger partial charge in [-0.15, -0.1) is 0 Å². The van der Waals surface area contributed by atoms with Gasteiger partial charge in [0.15, 0.2) is 5.78 Å². The average molecular weight is 280 g/mol. The van der Waals surface area contributed by atoms with Crippen LogP contribution in [0.25, 0.3) is 0 Å². The number of hydrogen-bond acceptors (Lipinski definition) is 1. The van der Waals surface area contributed by atoms with E-state index in [0.717, 1.165) is 17.5 Å². The molecule has 0 aliphatic rings. The van der Waals surface area contributed by atoms with E-state index in [1.807, 2.05) is 42.5 Å². The fourth-order valence-corrected chi connectivity index (χ4v) is 2.50. The maximum absolute atomic E-state index is 12.2. The molecule has 0 saturated carbocycles. The molecule has 0 fully saturated rings. The van der Waals surface area contributed by atoms with Crippen LogP contribution in [0.4, 0.5) is 0 Å². The standard InChI is InChI=1S/C20H24O/c1-2-3-4-6-9-17-12-14-19(15-13-17)20(21)16-18-10-7-5-8-11-18/h5,7-8,10-15H,2-4,6,9,16H2,1H3. The molecular weight excluding hydrogens is 256 g/mol. The van der Waals surface area contributed by atoms with Gasteiger partial charge in [-0.05, 0) is 24.0 Å². The van der Waals surface area contributed by atoms with Crippen molar-refractivity contribution in [1.29, 1.82) is 0 Å². The fraction of sp³-hybridized carbons (Fsp3) is 0.350.